The SMILES string of the molecule is CCc1c(C)nc2n(c1=O)C[C@H](C(=O)NCCCn1ncccc1=O)CS2. The highest BCUT2D eigenvalue weighted by Gasteiger charge is 2.27. The van der Waals surface area contributed by atoms with Gasteiger partial charge in [0.2, 0.25) is 5.91 Å². The number of nitrogens with one attached hydrogen (secondary N) is 1. The van der Waals surface area contributed by atoms with Crippen molar-refractivity contribution in [2.24, 2.45) is 5.92 Å². The van der Waals surface area contributed by atoms with Crippen LogP contribution in [0.1, 0.15) is 24.6 Å². The van der Waals surface area contributed by atoms with E-state index in [0.717, 1.165) is 5.69 Å². The van der Waals surface area contributed by atoms with Gasteiger partial charge in [-0.1, -0.05) is 18.7 Å². The minimum atomic E-state index is -0.271. The van der Waals surface area contributed by atoms with Gasteiger partial charge in [0.1, 0.15) is 0 Å². The predicted molar refractivity (Wildman–Crippen MR) is 103 cm³/mol. The molecule has 1 aliphatic heterocycles. The van der Waals surface area contributed by atoms with E-state index < -0.39 is 0 Å². The monoisotopic (exact) mass is 389 g/mol. The van der Waals surface area contributed by atoms with Crippen molar-refractivity contribution >= 4 is 17.7 Å². The predicted octanol–water partition coefficient (Wildman–Crippen LogP) is 0.599. The van der Waals surface area contributed by atoms with Crippen molar-refractivity contribution in [3.05, 3.63) is 50.3 Å². The molecule has 1 N–H and O–H groups in total. The molecule has 144 valence electrons. The summed E-state index contributed by atoms with van der Waals surface area (Å²) in [7, 11) is 0. The van der Waals surface area contributed by atoms with E-state index in [-0.39, 0.29) is 22.9 Å². The summed E-state index contributed by atoms with van der Waals surface area (Å²) in [6.45, 7) is 5.05. The maximum atomic E-state index is 12.6. The maximum absolute atomic E-state index is 12.6. The van der Waals surface area contributed by atoms with Gasteiger partial charge in [-0.3, -0.25) is 19.0 Å². The summed E-state index contributed by atoms with van der Waals surface area (Å²) in [5.41, 5.74) is 1.28. The molecule has 9 heteroatoms. The molecule has 3 rings (SSSR count). The van der Waals surface area contributed by atoms with E-state index >= 15 is 0 Å². The van der Waals surface area contributed by atoms with Crippen LogP contribution in [-0.4, -0.2) is 37.5 Å². The third kappa shape index (κ3) is 4.29. The van der Waals surface area contributed by atoms with Crippen LogP contribution in [0.15, 0.2) is 33.1 Å². The van der Waals surface area contributed by atoms with Crippen LogP contribution in [0, 0.1) is 12.8 Å². The Morgan fingerprint density at radius 2 is 2.22 bits per heavy atom. The average molecular weight is 389 g/mol. The number of carbonyl (C=O) groups is 1. The number of thioether (sulfide) groups is 1. The first-order chi connectivity index (χ1) is 13.0. The summed E-state index contributed by atoms with van der Waals surface area (Å²) in [4.78, 5) is 41.2. The molecular formula is C18H23N5O3S. The van der Waals surface area contributed by atoms with E-state index in [9.17, 15) is 14.4 Å². The Kier molecular flexibility index (Phi) is 6.10. The highest BCUT2D eigenvalue weighted by atomic mass is 32.2. The zero-order valence-electron chi connectivity index (χ0n) is 15.5. The van der Waals surface area contributed by atoms with Crippen LogP contribution in [0.3, 0.4) is 0 Å². The lowest BCUT2D eigenvalue weighted by Crippen LogP contribution is -2.41. The van der Waals surface area contributed by atoms with E-state index in [1.807, 2.05) is 13.8 Å². The van der Waals surface area contributed by atoms with Crippen LogP contribution in [0.4, 0.5) is 0 Å². The molecule has 1 atom stereocenters. The molecule has 0 saturated heterocycles. The van der Waals surface area contributed by atoms with Crippen LogP contribution in [0.2, 0.25) is 0 Å². The molecule has 1 amide bonds. The van der Waals surface area contributed by atoms with Crippen LogP contribution >= 0.6 is 11.8 Å². The average Bonchev–Trinajstić information content (AvgIpc) is 2.66. The first kappa shape index (κ1) is 19.3. The fourth-order valence-electron chi connectivity index (χ4n) is 3.10. The van der Waals surface area contributed by atoms with Crippen molar-refractivity contribution in [1.82, 2.24) is 24.6 Å². The first-order valence-corrected chi connectivity index (χ1v) is 10.0. The van der Waals surface area contributed by atoms with E-state index in [1.54, 1.807) is 16.8 Å². The Morgan fingerprint density at radius 1 is 1.41 bits per heavy atom. The quantitative estimate of drug-likeness (QED) is 0.574. The van der Waals surface area contributed by atoms with E-state index in [2.05, 4.69) is 15.4 Å². The number of aryl methyl sites for hydroxylation is 2. The number of rotatable bonds is 6. The highest BCUT2D eigenvalue weighted by molar-refractivity contribution is 7.99. The minimum Gasteiger partial charge on any atom is -0.356 e. The topological polar surface area (TPSA) is 98.9 Å². The molecule has 2 aromatic heterocycles. The van der Waals surface area contributed by atoms with E-state index in [4.69, 9.17) is 0 Å². The highest BCUT2D eigenvalue weighted by Crippen LogP contribution is 2.25. The summed E-state index contributed by atoms with van der Waals surface area (Å²) in [6, 6.07) is 3.06. The largest absolute Gasteiger partial charge is 0.356 e. The smallest absolute Gasteiger partial charge is 0.266 e. The van der Waals surface area contributed by atoms with Crippen LogP contribution in [0.5, 0.6) is 0 Å². The van der Waals surface area contributed by atoms with Gasteiger partial charge in [0.25, 0.3) is 11.1 Å². The molecule has 27 heavy (non-hydrogen) atoms. The first-order valence-electron chi connectivity index (χ1n) is 9.04. The van der Waals surface area contributed by atoms with Gasteiger partial charge < -0.3 is 5.32 Å². The van der Waals surface area contributed by atoms with Crippen LogP contribution in [0.25, 0.3) is 0 Å². The molecule has 0 radical (unpaired) electrons. The number of hydrogen-bond acceptors (Lipinski definition) is 6. The van der Waals surface area contributed by atoms with Crippen molar-refractivity contribution in [3.8, 4) is 0 Å². The minimum absolute atomic E-state index is 0.0421. The summed E-state index contributed by atoms with van der Waals surface area (Å²) < 4.78 is 3.00. The van der Waals surface area contributed by atoms with Crippen molar-refractivity contribution < 1.29 is 4.79 Å². The van der Waals surface area contributed by atoms with Gasteiger partial charge in [0.15, 0.2) is 5.16 Å². The second-order valence-electron chi connectivity index (χ2n) is 6.47. The molecule has 1 aliphatic rings. The van der Waals surface area contributed by atoms with Gasteiger partial charge in [0.05, 0.1) is 5.92 Å². The Balaban J connectivity index is 1.57. The third-order valence-corrected chi connectivity index (χ3v) is 5.75. The standard InChI is InChI=1S/C18H23N5O3S/c1-3-14-12(2)21-18-22(17(14)26)10-13(11-27-18)16(25)19-7-5-9-23-15(24)6-4-8-20-23/h4,6,8,13H,3,5,7,9-11H2,1-2H3,(H,19,25)/t13-/m0/s1. The Bertz CT molecular complexity index is 953. The number of aromatic nitrogens is 4. The zero-order chi connectivity index (χ0) is 19.4. The molecule has 8 nitrogen and oxygen atoms in total. The molecule has 0 bridgehead atoms. The molecule has 0 saturated carbocycles. The van der Waals surface area contributed by atoms with Crippen molar-refractivity contribution in [2.75, 3.05) is 12.3 Å². The normalized spacial score (nSPS) is 16.0. The molecular weight excluding hydrogens is 366 g/mol. The summed E-state index contributed by atoms with van der Waals surface area (Å²) in [6.07, 6.45) is 2.81. The Labute approximate surface area is 161 Å². The molecule has 0 unspecified atom stereocenters. The number of fused-ring (bicyclic) bond motifs is 1. The molecule has 0 aliphatic carbocycles. The number of amides is 1. The molecule has 0 spiro atoms. The van der Waals surface area contributed by atoms with Crippen LogP contribution in [-0.2, 0) is 24.3 Å². The summed E-state index contributed by atoms with van der Waals surface area (Å²) in [5, 5.41) is 7.58. The van der Waals surface area contributed by atoms with E-state index in [1.165, 1.54) is 22.5 Å². The van der Waals surface area contributed by atoms with Crippen molar-refractivity contribution in [3.63, 3.8) is 0 Å². The molecule has 3 heterocycles. The number of carbonyl (C=O) groups excluding carboxylic acids is 1. The summed E-state index contributed by atoms with van der Waals surface area (Å²) >= 11 is 1.45. The third-order valence-electron chi connectivity index (χ3n) is 4.61. The maximum Gasteiger partial charge on any atom is 0.266 e. The lowest BCUT2D eigenvalue weighted by Gasteiger charge is -2.25. The second kappa shape index (κ2) is 8.51. The van der Waals surface area contributed by atoms with Gasteiger partial charge in [-0.15, -0.1) is 0 Å². The number of hydrogen-bond donors (Lipinski definition) is 1. The summed E-state index contributed by atoms with van der Waals surface area (Å²) in [5.74, 6) is 0.252. The van der Waals surface area contributed by atoms with Gasteiger partial charge in [0, 0.05) is 48.9 Å². The Hall–Kier alpha value is -2.42. The second-order valence-corrected chi connectivity index (χ2v) is 7.45. The fraction of sp³-hybridized carbons (Fsp3) is 0.500. The van der Waals surface area contributed by atoms with Gasteiger partial charge in [-0.2, -0.15) is 5.10 Å². The molecule has 2 aromatic rings. The lowest BCUT2D eigenvalue weighted by atomic mass is 10.1. The van der Waals surface area contributed by atoms with Gasteiger partial charge in [-0.05, 0) is 25.8 Å². The van der Waals surface area contributed by atoms with Crippen LogP contribution < -0.4 is 16.4 Å². The van der Waals surface area contributed by atoms with Crippen molar-refractivity contribution in [2.45, 2.75) is 44.9 Å². The number of nitrogens with zero attached hydrogens (tertiary/aromatic N) is 4. The lowest BCUT2D eigenvalue weighted by molar-refractivity contribution is -0.124. The molecule has 0 aromatic carbocycles. The fourth-order valence-corrected chi connectivity index (χ4v) is 4.22. The zero-order valence-corrected chi connectivity index (χ0v) is 16.3. The Morgan fingerprint density at radius 3 is 2.96 bits per heavy atom. The van der Waals surface area contributed by atoms with Gasteiger partial charge >= 0.3 is 0 Å². The molecule has 0 fully saturated rings. The van der Waals surface area contributed by atoms with Crippen molar-refractivity contribution in [1.29, 1.82) is 0 Å². The van der Waals surface area contributed by atoms with Gasteiger partial charge in [-0.25, -0.2) is 9.67 Å². The van der Waals surface area contributed by atoms with E-state index in [0.29, 0.717) is 48.9 Å².